The van der Waals surface area contributed by atoms with Crippen molar-refractivity contribution in [3.63, 3.8) is 0 Å². The molecule has 1 unspecified atom stereocenters. The van der Waals surface area contributed by atoms with Crippen LogP contribution in [-0.2, 0) is 22.5 Å². The van der Waals surface area contributed by atoms with Gasteiger partial charge in [0.1, 0.15) is 0 Å². The Bertz CT molecular complexity index is 549. The summed E-state index contributed by atoms with van der Waals surface area (Å²) in [4.78, 5) is 15.0. The van der Waals surface area contributed by atoms with Crippen LogP contribution in [0.2, 0.25) is 0 Å². The minimum Gasteiger partial charge on any atom is -0.469 e. The van der Waals surface area contributed by atoms with Crippen LogP contribution >= 0.6 is 0 Å². The monoisotopic (exact) mass is 288 g/mol. The zero-order chi connectivity index (χ0) is 15.1. The fourth-order valence-electron chi connectivity index (χ4n) is 2.15. The molecule has 1 aromatic heterocycles. The Balaban J connectivity index is 1.85. The molecule has 0 radical (unpaired) electrons. The van der Waals surface area contributed by atoms with E-state index in [2.05, 4.69) is 9.72 Å². The first-order valence-electron chi connectivity index (χ1n) is 6.98. The van der Waals surface area contributed by atoms with Crippen molar-refractivity contribution < 1.29 is 14.6 Å². The van der Waals surface area contributed by atoms with Crippen molar-refractivity contribution in [3.05, 3.63) is 54.1 Å². The van der Waals surface area contributed by atoms with E-state index in [4.69, 9.17) is 0 Å². The van der Waals surface area contributed by atoms with Crippen LogP contribution in [-0.4, -0.2) is 27.7 Å². The lowest BCUT2D eigenvalue weighted by Gasteiger charge is -2.12. The Morgan fingerprint density at radius 3 is 2.76 bits per heavy atom. The fourth-order valence-corrected chi connectivity index (χ4v) is 2.15. The molecule has 1 N–H and O–H groups in total. The second kappa shape index (κ2) is 7.59. The maximum absolute atomic E-state index is 11.0. The number of aliphatic hydroxyl groups is 1. The van der Waals surface area contributed by atoms with Crippen LogP contribution in [0.4, 0.5) is 0 Å². The van der Waals surface area contributed by atoms with Crippen LogP contribution in [0.25, 0.3) is 0 Å². The molecule has 21 heavy (non-hydrogen) atoms. The van der Waals surface area contributed by atoms with Gasteiger partial charge >= 0.3 is 5.97 Å². The molecule has 5 nitrogen and oxygen atoms in total. The van der Waals surface area contributed by atoms with E-state index < -0.39 is 6.10 Å². The van der Waals surface area contributed by atoms with E-state index in [-0.39, 0.29) is 5.97 Å². The van der Waals surface area contributed by atoms with Gasteiger partial charge in [0.05, 0.1) is 26.1 Å². The molecule has 0 bridgehead atoms. The predicted octanol–water partition coefficient (Wildman–Crippen LogP) is 2.11. The molecular formula is C16H20N2O3. The van der Waals surface area contributed by atoms with Crippen LogP contribution in [0.15, 0.2) is 43.0 Å². The van der Waals surface area contributed by atoms with Crippen molar-refractivity contribution in [1.82, 2.24) is 9.55 Å². The van der Waals surface area contributed by atoms with Crippen LogP contribution in [0.3, 0.4) is 0 Å². The van der Waals surface area contributed by atoms with Gasteiger partial charge in [0.15, 0.2) is 0 Å². The lowest BCUT2D eigenvalue weighted by atomic mass is 10.0. The molecule has 0 fully saturated rings. The number of hydrogen-bond donors (Lipinski definition) is 1. The van der Waals surface area contributed by atoms with Crippen molar-refractivity contribution in [3.8, 4) is 0 Å². The van der Waals surface area contributed by atoms with Gasteiger partial charge in [0, 0.05) is 18.8 Å². The minimum absolute atomic E-state index is 0.178. The Labute approximate surface area is 124 Å². The fraction of sp³-hybridized carbons (Fsp3) is 0.375. The number of aromatic nitrogens is 2. The number of nitrogens with zero attached hydrogens (tertiary/aromatic N) is 2. The summed E-state index contributed by atoms with van der Waals surface area (Å²) in [5.41, 5.74) is 2.03. The lowest BCUT2D eigenvalue weighted by Crippen LogP contribution is -2.07. The van der Waals surface area contributed by atoms with Gasteiger partial charge in [0.2, 0.25) is 0 Å². The third-order valence-electron chi connectivity index (χ3n) is 3.38. The van der Waals surface area contributed by atoms with Crippen molar-refractivity contribution in [1.29, 1.82) is 0 Å². The molecule has 0 aliphatic rings. The number of carbonyl (C=O) groups excluding carboxylic acids is 1. The number of aliphatic hydroxyl groups excluding tert-OH is 1. The van der Waals surface area contributed by atoms with E-state index in [0.717, 1.165) is 24.0 Å². The van der Waals surface area contributed by atoms with Gasteiger partial charge in [-0.15, -0.1) is 0 Å². The predicted molar refractivity (Wildman–Crippen MR) is 78.6 cm³/mol. The van der Waals surface area contributed by atoms with E-state index in [1.807, 2.05) is 35.0 Å². The smallest absolute Gasteiger partial charge is 0.305 e. The van der Waals surface area contributed by atoms with Gasteiger partial charge in [-0.2, -0.15) is 0 Å². The average Bonchev–Trinajstić information content (AvgIpc) is 3.00. The van der Waals surface area contributed by atoms with Crippen LogP contribution in [0.5, 0.6) is 0 Å². The molecule has 0 aliphatic heterocycles. The number of methoxy groups -OCH3 is 1. The van der Waals surface area contributed by atoms with Gasteiger partial charge in [-0.3, -0.25) is 4.79 Å². The van der Waals surface area contributed by atoms with Gasteiger partial charge in [-0.1, -0.05) is 24.3 Å². The second-order valence-corrected chi connectivity index (χ2v) is 4.95. The Morgan fingerprint density at radius 1 is 1.38 bits per heavy atom. The average molecular weight is 288 g/mol. The van der Waals surface area contributed by atoms with Crippen molar-refractivity contribution in [2.45, 2.75) is 31.9 Å². The number of benzene rings is 1. The molecule has 0 saturated heterocycles. The molecular weight excluding hydrogens is 268 g/mol. The highest BCUT2D eigenvalue weighted by Crippen LogP contribution is 2.16. The lowest BCUT2D eigenvalue weighted by molar-refractivity contribution is -0.140. The standard InChI is InChI=1S/C16H20N2O3/c1-21-16(20)4-2-3-13-5-7-14(8-6-13)15(19)11-18-10-9-17-12-18/h5-10,12,15,19H,2-4,11H2,1H3. The van der Waals surface area contributed by atoms with Crippen LogP contribution < -0.4 is 0 Å². The first kappa shape index (κ1) is 15.3. The Kier molecular flexibility index (Phi) is 5.51. The summed E-state index contributed by atoms with van der Waals surface area (Å²) < 4.78 is 6.45. The second-order valence-electron chi connectivity index (χ2n) is 4.95. The normalized spacial score (nSPS) is 12.1. The zero-order valence-corrected chi connectivity index (χ0v) is 12.1. The summed E-state index contributed by atoms with van der Waals surface area (Å²) in [6.45, 7) is 0.488. The Hall–Kier alpha value is -2.14. The highest BCUT2D eigenvalue weighted by atomic mass is 16.5. The summed E-state index contributed by atoms with van der Waals surface area (Å²) in [5.74, 6) is -0.178. The zero-order valence-electron chi connectivity index (χ0n) is 12.1. The molecule has 0 spiro atoms. The van der Waals surface area contributed by atoms with Crippen molar-refractivity contribution in [2.75, 3.05) is 7.11 Å². The number of hydrogen-bond acceptors (Lipinski definition) is 4. The first-order chi connectivity index (χ1) is 10.2. The van der Waals surface area contributed by atoms with Gasteiger partial charge in [0.25, 0.3) is 0 Å². The summed E-state index contributed by atoms with van der Waals surface area (Å²) in [5, 5.41) is 10.2. The van der Waals surface area contributed by atoms with Crippen molar-refractivity contribution >= 4 is 5.97 Å². The van der Waals surface area contributed by atoms with E-state index in [0.29, 0.717) is 13.0 Å². The quantitative estimate of drug-likeness (QED) is 0.793. The molecule has 2 aromatic rings. The minimum atomic E-state index is -0.552. The number of aryl methyl sites for hydroxylation is 1. The number of rotatable bonds is 7. The molecule has 0 saturated carbocycles. The van der Waals surface area contributed by atoms with E-state index in [9.17, 15) is 9.90 Å². The van der Waals surface area contributed by atoms with Crippen molar-refractivity contribution in [2.24, 2.45) is 0 Å². The molecule has 1 aromatic carbocycles. The molecule has 1 heterocycles. The molecule has 112 valence electrons. The highest BCUT2D eigenvalue weighted by molar-refractivity contribution is 5.69. The summed E-state index contributed by atoms with van der Waals surface area (Å²) >= 11 is 0. The van der Waals surface area contributed by atoms with E-state index >= 15 is 0 Å². The van der Waals surface area contributed by atoms with Gasteiger partial charge < -0.3 is 14.4 Å². The van der Waals surface area contributed by atoms with Gasteiger partial charge in [-0.05, 0) is 24.0 Å². The Morgan fingerprint density at radius 2 is 2.14 bits per heavy atom. The third kappa shape index (κ3) is 4.72. The molecule has 5 heteroatoms. The van der Waals surface area contributed by atoms with E-state index in [1.165, 1.54) is 7.11 Å². The number of ether oxygens (including phenoxy) is 1. The van der Waals surface area contributed by atoms with Crippen LogP contribution in [0.1, 0.15) is 30.1 Å². The largest absolute Gasteiger partial charge is 0.469 e. The maximum atomic E-state index is 11.0. The summed E-state index contributed by atoms with van der Waals surface area (Å²) in [6, 6.07) is 7.83. The molecule has 2 rings (SSSR count). The molecule has 0 amide bonds. The van der Waals surface area contributed by atoms with Crippen LogP contribution in [0, 0.1) is 0 Å². The van der Waals surface area contributed by atoms with Gasteiger partial charge in [-0.25, -0.2) is 4.98 Å². The topological polar surface area (TPSA) is 64.3 Å². The van der Waals surface area contributed by atoms with E-state index in [1.54, 1.807) is 12.5 Å². The number of carbonyl (C=O) groups is 1. The third-order valence-corrected chi connectivity index (χ3v) is 3.38. The first-order valence-corrected chi connectivity index (χ1v) is 6.98. The summed E-state index contributed by atoms with van der Waals surface area (Å²) in [7, 11) is 1.40. The molecule has 1 atom stereocenters. The highest BCUT2D eigenvalue weighted by Gasteiger charge is 2.08. The summed E-state index contributed by atoms with van der Waals surface area (Å²) in [6.07, 6.45) is 6.67. The maximum Gasteiger partial charge on any atom is 0.305 e. The number of imidazole rings is 1. The number of esters is 1. The SMILES string of the molecule is COC(=O)CCCc1ccc(C(O)Cn2ccnc2)cc1. The molecule has 0 aliphatic carbocycles.